The minimum atomic E-state index is -0.270. The number of ether oxygens (including phenoxy) is 1. The number of benzene rings is 1. The minimum absolute atomic E-state index is 0.0505. The molecule has 3 N–H and O–H groups in total. The zero-order chi connectivity index (χ0) is 12.3. The summed E-state index contributed by atoms with van der Waals surface area (Å²) >= 11 is 0. The molecule has 0 amide bonds. The summed E-state index contributed by atoms with van der Waals surface area (Å²) in [6.07, 6.45) is 0.561. The molecular formula is C12H16FN3O. The number of H-pyrrole nitrogens is 1. The lowest BCUT2D eigenvalue weighted by atomic mass is 10.2. The van der Waals surface area contributed by atoms with Gasteiger partial charge in [0, 0.05) is 19.6 Å². The molecule has 0 aliphatic heterocycles. The fraction of sp³-hybridized carbons (Fsp3) is 0.417. The Hall–Kier alpha value is -1.46. The SMILES string of the molecule is CCOC(CN)Cc1nc2ccc(F)cc2[nH]1. The standard InChI is InChI=1S/C12H16FN3O/c1-2-17-9(7-14)6-12-15-10-4-3-8(13)5-11(10)16-12/h3-5,9H,2,6-7,14H2,1H3,(H,15,16). The Morgan fingerprint density at radius 1 is 1.53 bits per heavy atom. The van der Waals surface area contributed by atoms with Crippen molar-refractivity contribution in [3.63, 3.8) is 0 Å². The van der Waals surface area contributed by atoms with Gasteiger partial charge in [0.05, 0.1) is 17.1 Å². The normalized spacial score (nSPS) is 13.1. The predicted octanol–water partition coefficient (Wildman–Crippen LogP) is 1.61. The number of nitrogens with two attached hydrogens (primary N) is 1. The molecule has 1 unspecified atom stereocenters. The van der Waals surface area contributed by atoms with Gasteiger partial charge in [-0.25, -0.2) is 9.37 Å². The van der Waals surface area contributed by atoms with Crippen LogP contribution in [0, 0.1) is 5.82 Å². The molecule has 0 saturated carbocycles. The molecule has 1 aromatic carbocycles. The number of hydrogen-bond acceptors (Lipinski definition) is 3. The molecule has 1 atom stereocenters. The number of imidazole rings is 1. The monoisotopic (exact) mass is 237 g/mol. The molecule has 1 aromatic heterocycles. The molecule has 0 saturated heterocycles. The molecule has 1 heterocycles. The number of nitrogens with one attached hydrogen (secondary N) is 1. The van der Waals surface area contributed by atoms with Crippen molar-refractivity contribution in [2.24, 2.45) is 5.73 Å². The number of aromatic nitrogens is 2. The van der Waals surface area contributed by atoms with E-state index in [2.05, 4.69) is 9.97 Å². The van der Waals surface area contributed by atoms with E-state index in [0.717, 1.165) is 11.3 Å². The summed E-state index contributed by atoms with van der Waals surface area (Å²) in [4.78, 5) is 7.44. The van der Waals surface area contributed by atoms with Crippen molar-refractivity contribution < 1.29 is 9.13 Å². The van der Waals surface area contributed by atoms with E-state index in [9.17, 15) is 4.39 Å². The molecule has 2 aromatic rings. The Labute approximate surface area is 99.0 Å². The summed E-state index contributed by atoms with van der Waals surface area (Å²) in [5, 5.41) is 0. The van der Waals surface area contributed by atoms with E-state index >= 15 is 0 Å². The third kappa shape index (κ3) is 2.81. The average molecular weight is 237 g/mol. The maximum absolute atomic E-state index is 13.0. The van der Waals surface area contributed by atoms with Crippen LogP contribution in [0.25, 0.3) is 11.0 Å². The van der Waals surface area contributed by atoms with Gasteiger partial charge >= 0.3 is 0 Å². The van der Waals surface area contributed by atoms with Crippen molar-refractivity contribution >= 4 is 11.0 Å². The third-order valence-electron chi connectivity index (χ3n) is 2.58. The second kappa shape index (κ2) is 5.25. The molecule has 0 radical (unpaired) electrons. The summed E-state index contributed by atoms with van der Waals surface area (Å²) in [6.45, 7) is 2.99. The lowest BCUT2D eigenvalue weighted by Gasteiger charge is -2.12. The van der Waals surface area contributed by atoms with E-state index in [-0.39, 0.29) is 11.9 Å². The highest BCUT2D eigenvalue weighted by atomic mass is 19.1. The highest BCUT2D eigenvalue weighted by molar-refractivity contribution is 5.74. The van der Waals surface area contributed by atoms with Crippen LogP contribution in [-0.2, 0) is 11.2 Å². The summed E-state index contributed by atoms with van der Waals surface area (Å²) in [6, 6.07) is 4.49. The fourth-order valence-corrected chi connectivity index (χ4v) is 1.79. The number of hydrogen-bond donors (Lipinski definition) is 2. The Morgan fingerprint density at radius 2 is 2.35 bits per heavy atom. The van der Waals surface area contributed by atoms with Gasteiger partial charge in [-0.2, -0.15) is 0 Å². The maximum atomic E-state index is 13.0. The summed E-state index contributed by atoms with van der Waals surface area (Å²) in [5.74, 6) is 0.502. The molecule has 0 aliphatic rings. The van der Waals surface area contributed by atoms with Crippen LogP contribution in [0.4, 0.5) is 4.39 Å². The highest BCUT2D eigenvalue weighted by Crippen LogP contribution is 2.14. The van der Waals surface area contributed by atoms with Crippen LogP contribution in [0.3, 0.4) is 0 Å². The van der Waals surface area contributed by atoms with Gasteiger partial charge < -0.3 is 15.5 Å². The first-order valence-corrected chi connectivity index (χ1v) is 5.68. The second-order valence-electron chi connectivity index (χ2n) is 3.86. The predicted molar refractivity (Wildman–Crippen MR) is 64.2 cm³/mol. The molecule has 0 bridgehead atoms. The summed E-state index contributed by atoms with van der Waals surface area (Å²) in [5.41, 5.74) is 7.06. The molecule has 0 aliphatic carbocycles. The van der Waals surface area contributed by atoms with Gasteiger partial charge in [-0.1, -0.05) is 0 Å². The van der Waals surface area contributed by atoms with Crippen molar-refractivity contribution in [1.82, 2.24) is 9.97 Å². The van der Waals surface area contributed by atoms with Gasteiger partial charge in [0.1, 0.15) is 11.6 Å². The van der Waals surface area contributed by atoms with Gasteiger partial charge in [-0.3, -0.25) is 0 Å². The van der Waals surface area contributed by atoms with Crippen LogP contribution in [0.1, 0.15) is 12.7 Å². The van der Waals surface area contributed by atoms with Crippen LogP contribution in [0.2, 0.25) is 0 Å². The second-order valence-corrected chi connectivity index (χ2v) is 3.86. The van der Waals surface area contributed by atoms with Gasteiger partial charge in [-0.05, 0) is 25.1 Å². The highest BCUT2D eigenvalue weighted by Gasteiger charge is 2.11. The zero-order valence-electron chi connectivity index (χ0n) is 9.74. The van der Waals surface area contributed by atoms with Crippen molar-refractivity contribution in [3.8, 4) is 0 Å². The smallest absolute Gasteiger partial charge is 0.125 e. The van der Waals surface area contributed by atoms with Gasteiger partial charge in [-0.15, -0.1) is 0 Å². The molecular weight excluding hydrogens is 221 g/mol. The summed E-state index contributed by atoms with van der Waals surface area (Å²) in [7, 11) is 0. The first kappa shape index (κ1) is 12.0. The van der Waals surface area contributed by atoms with Crippen LogP contribution in [0.5, 0.6) is 0 Å². The van der Waals surface area contributed by atoms with Crippen molar-refractivity contribution in [2.75, 3.05) is 13.2 Å². The minimum Gasteiger partial charge on any atom is -0.377 e. The van der Waals surface area contributed by atoms with E-state index in [1.54, 1.807) is 6.07 Å². The van der Waals surface area contributed by atoms with Crippen molar-refractivity contribution in [2.45, 2.75) is 19.4 Å². The number of nitrogens with zero attached hydrogens (tertiary/aromatic N) is 1. The maximum Gasteiger partial charge on any atom is 0.125 e. The molecule has 92 valence electrons. The van der Waals surface area contributed by atoms with Crippen LogP contribution < -0.4 is 5.73 Å². The van der Waals surface area contributed by atoms with E-state index in [4.69, 9.17) is 10.5 Å². The number of halogens is 1. The third-order valence-corrected chi connectivity index (χ3v) is 2.58. The topological polar surface area (TPSA) is 63.9 Å². The van der Waals surface area contributed by atoms with Crippen molar-refractivity contribution in [1.29, 1.82) is 0 Å². The first-order valence-electron chi connectivity index (χ1n) is 5.68. The Bertz CT molecular complexity index is 497. The average Bonchev–Trinajstić information content (AvgIpc) is 2.69. The molecule has 5 heteroatoms. The fourth-order valence-electron chi connectivity index (χ4n) is 1.79. The Kier molecular flexibility index (Phi) is 3.71. The Morgan fingerprint density at radius 3 is 3.06 bits per heavy atom. The molecule has 17 heavy (non-hydrogen) atoms. The molecule has 2 rings (SSSR count). The van der Waals surface area contributed by atoms with Gasteiger partial charge in [0.2, 0.25) is 0 Å². The summed E-state index contributed by atoms with van der Waals surface area (Å²) < 4.78 is 18.5. The first-order chi connectivity index (χ1) is 8.22. The van der Waals surface area contributed by atoms with Crippen LogP contribution in [-0.4, -0.2) is 29.2 Å². The van der Waals surface area contributed by atoms with Gasteiger partial charge in [0.25, 0.3) is 0 Å². The zero-order valence-corrected chi connectivity index (χ0v) is 9.74. The van der Waals surface area contributed by atoms with E-state index in [1.165, 1.54) is 12.1 Å². The Balaban J connectivity index is 2.18. The van der Waals surface area contributed by atoms with E-state index in [0.29, 0.717) is 25.1 Å². The van der Waals surface area contributed by atoms with Crippen LogP contribution >= 0.6 is 0 Å². The molecule has 0 fully saturated rings. The number of fused-ring (bicyclic) bond motifs is 1. The van der Waals surface area contributed by atoms with E-state index in [1.807, 2.05) is 6.92 Å². The van der Waals surface area contributed by atoms with Gasteiger partial charge in [0.15, 0.2) is 0 Å². The van der Waals surface area contributed by atoms with Crippen LogP contribution in [0.15, 0.2) is 18.2 Å². The molecule has 0 spiro atoms. The molecule has 4 nitrogen and oxygen atoms in total. The number of rotatable bonds is 5. The lowest BCUT2D eigenvalue weighted by molar-refractivity contribution is 0.0682. The van der Waals surface area contributed by atoms with E-state index < -0.39 is 0 Å². The number of aromatic amines is 1. The lowest BCUT2D eigenvalue weighted by Crippen LogP contribution is -2.26. The largest absolute Gasteiger partial charge is 0.377 e. The quantitative estimate of drug-likeness (QED) is 0.830. The van der Waals surface area contributed by atoms with Crippen molar-refractivity contribution in [3.05, 3.63) is 29.8 Å².